The van der Waals surface area contributed by atoms with E-state index in [0.717, 1.165) is 37.8 Å². The van der Waals surface area contributed by atoms with E-state index >= 15 is 0 Å². The van der Waals surface area contributed by atoms with Crippen molar-refractivity contribution in [2.75, 3.05) is 10.6 Å². The molecule has 0 atom stereocenters. The summed E-state index contributed by atoms with van der Waals surface area (Å²) >= 11 is 0. The number of hydrogen-bond acceptors (Lipinski definition) is 7. The topological polar surface area (TPSA) is 127 Å². The van der Waals surface area contributed by atoms with Gasteiger partial charge in [0.1, 0.15) is 6.33 Å². The molecule has 10 nitrogen and oxygen atoms in total. The van der Waals surface area contributed by atoms with Crippen LogP contribution in [0.4, 0.5) is 17.1 Å². The van der Waals surface area contributed by atoms with Gasteiger partial charge in [0, 0.05) is 30.9 Å². The second-order valence-corrected chi connectivity index (χ2v) is 8.28. The molecule has 5 rings (SSSR count). The van der Waals surface area contributed by atoms with Crippen LogP contribution in [-0.2, 0) is 7.05 Å². The molecule has 3 aromatic rings. The van der Waals surface area contributed by atoms with Crippen LogP contribution in [0.15, 0.2) is 37.1 Å². The molecular formula is C22H24N8O2. The molecule has 0 saturated heterocycles. The molecule has 3 N–H and O–H groups in total. The van der Waals surface area contributed by atoms with Crippen LogP contribution in [0.25, 0.3) is 0 Å². The van der Waals surface area contributed by atoms with Crippen molar-refractivity contribution in [3.8, 4) is 0 Å². The first kappa shape index (κ1) is 20.1. The standard InChI is InChI=1S/C22H24N8O2/c1-30-11-18(20(29-30)22(32)26-14-3-2-4-14)28-21(31)19-17(25-15-9-23-12-24-10-15)8-7-16(27-19)13-5-6-13/h7-14,25H,2-6H2,1H3,(H,26,32)(H,28,31). The van der Waals surface area contributed by atoms with Crippen molar-refractivity contribution >= 4 is 28.9 Å². The molecule has 10 heteroatoms. The minimum Gasteiger partial charge on any atom is -0.351 e. The Hall–Kier alpha value is -3.82. The van der Waals surface area contributed by atoms with Crippen molar-refractivity contribution < 1.29 is 9.59 Å². The van der Waals surface area contributed by atoms with Crippen LogP contribution < -0.4 is 16.0 Å². The van der Waals surface area contributed by atoms with E-state index in [4.69, 9.17) is 0 Å². The highest BCUT2D eigenvalue weighted by Gasteiger charge is 2.28. The Bertz CT molecular complexity index is 1150. The molecule has 0 aliphatic heterocycles. The number of carbonyl (C=O) groups is 2. The van der Waals surface area contributed by atoms with Gasteiger partial charge in [-0.25, -0.2) is 15.0 Å². The third kappa shape index (κ3) is 4.29. The number of aryl methyl sites for hydroxylation is 1. The maximum Gasteiger partial charge on any atom is 0.276 e. The first-order valence-corrected chi connectivity index (χ1v) is 10.8. The van der Waals surface area contributed by atoms with Crippen LogP contribution in [0, 0.1) is 0 Å². The van der Waals surface area contributed by atoms with Crippen LogP contribution in [0.5, 0.6) is 0 Å². The van der Waals surface area contributed by atoms with Crippen molar-refractivity contribution in [1.82, 2.24) is 30.0 Å². The van der Waals surface area contributed by atoms with Gasteiger partial charge in [0.05, 0.1) is 29.5 Å². The summed E-state index contributed by atoms with van der Waals surface area (Å²) in [5, 5.41) is 13.2. The molecule has 0 radical (unpaired) electrons. The maximum atomic E-state index is 13.3. The summed E-state index contributed by atoms with van der Waals surface area (Å²) in [6.07, 6.45) is 11.5. The number of nitrogens with one attached hydrogen (secondary N) is 3. The van der Waals surface area contributed by atoms with Gasteiger partial charge >= 0.3 is 0 Å². The van der Waals surface area contributed by atoms with Crippen LogP contribution >= 0.6 is 0 Å². The molecule has 2 fully saturated rings. The molecular weight excluding hydrogens is 408 g/mol. The van der Waals surface area contributed by atoms with E-state index in [1.165, 1.54) is 11.0 Å². The Morgan fingerprint density at radius 1 is 1.00 bits per heavy atom. The van der Waals surface area contributed by atoms with E-state index in [2.05, 4.69) is 36.0 Å². The molecule has 0 aromatic carbocycles. The first-order chi connectivity index (χ1) is 15.6. The predicted octanol–water partition coefficient (Wildman–Crippen LogP) is 2.76. The minimum atomic E-state index is -0.419. The van der Waals surface area contributed by atoms with Crippen molar-refractivity contribution in [3.05, 3.63) is 54.1 Å². The van der Waals surface area contributed by atoms with Crippen LogP contribution in [0.1, 0.15) is 64.7 Å². The molecule has 3 heterocycles. The fourth-order valence-electron chi connectivity index (χ4n) is 3.61. The Kier molecular flexibility index (Phi) is 5.26. The van der Waals surface area contributed by atoms with Crippen molar-refractivity contribution in [1.29, 1.82) is 0 Å². The normalized spacial score (nSPS) is 15.7. The molecule has 2 aliphatic carbocycles. The lowest BCUT2D eigenvalue weighted by Gasteiger charge is -2.26. The molecule has 164 valence electrons. The molecule has 32 heavy (non-hydrogen) atoms. The number of anilines is 3. The molecule has 2 saturated carbocycles. The lowest BCUT2D eigenvalue weighted by molar-refractivity contribution is 0.0912. The Balaban J connectivity index is 1.41. The Morgan fingerprint density at radius 3 is 2.47 bits per heavy atom. The summed E-state index contributed by atoms with van der Waals surface area (Å²) in [7, 11) is 1.71. The maximum absolute atomic E-state index is 13.3. The summed E-state index contributed by atoms with van der Waals surface area (Å²) in [6.45, 7) is 0. The fraction of sp³-hybridized carbons (Fsp3) is 0.364. The Labute approximate surface area is 184 Å². The van der Waals surface area contributed by atoms with Gasteiger partial charge in [-0.15, -0.1) is 0 Å². The zero-order chi connectivity index (χ0) is 22.1. The molecule has 2 aliphatic rings. The van der Waals surface area contributed by atoms with Gasteiger partial charge in [0.25, 0.3) is 11.8 Å². The second kappa shape index (κ2) is 8.37. The largest absolute Gasteiger partial charge is 0.351 e. The smallest absolute Gasteiger partial charge is 0.276 e. The Morgan fingerprint density at radius 2 is 1.78 bits per heavy atom. The van der Waals surface area contributed by atoms with Crippen LogP contribution in [0.3, 0.4) is 0 Å². The number of pyridine rings is 1. The van der Waals surface area contributed by atoms with Gasteiger partial charge in [0.2, 0.25) is 0 Å². The number of rotatable bonds is 7. The van der Waals surface area contributed by atoms with Crippen LogP contribution in [-0.4, -0.2) is 42.6 Å². The molecule has 0 spiro atoms. The zero-order valence-corrected chi connectivity index (χ0v) is 17.7. The van der Waals surface area contributed by atoms with Crippen molar-refractivity contribution in [2.45, 2.75) is 44.1 Å². The van der Waals surface area contributed by atoms with Gasteiger partial charge in [-0.05, 0) is 44.2 Å². The van der Waals surface area contributed by atoms with E-state index in [0.29, 0.717) is 23.0 Å². The SMILES string of the molecule is Cn1cc(NC(=O)c2nc(C3CC3)ccc2Nc2cncnc2)c(C(=O)NC2CCC2)n1. The van der Waals surface area contributed by atoms with E-state index in [-0.39, 0.29) is 23.3 Å². The molecule has 0 bridgehead atoms. The first-order valence-electron chi connectivity index (χ1n) is 10.8. The van der Waals surface area contributed by atoms with Gasteiger partial charge < -0.3 is 16.0 Å². The molecule has 3 aromatic heterocycles. The summed E-state index contributed by atoms with van der Waals surface area (Å²) in [4.78, 5) is 38.6. The number of aromatic nitrogens is 5. The van der Waals surface area contributed by atoms with Crippen molar-refractivity contribution in [2.24, 2.45) is 7.05 Å². The summed E-state index contributed by atoms with van der Waals surface area (Å²) < 4.78 is 1.51. The van der Waals surface area contributed by atoms with E-state index in [1.54, 1.807) is 25.6 Å². The number of nitrogens with zero attached hydrogens (tertiary/aromatic N) is 5. The minimum absolute atomic E-state index is 0.175. The quantitative estimate of drug-likeness (QED) is 0.524. The number of amides is 2. The van der Waals surface area contributed by atoms with Crippen LogP contribution in [0.2, 0.25) is 0 Å². The average Bonchev–Trinajstić information content (AvgIpc) is 3.54. The zero-order valence-electron chi connectivity index (χ0n) is 17.7. The lowest BCUT2D eigenvalue weighted by atomic mass is 9.93. The second-order valence-electron chi connectivity index (χ2n) is 8.28. The van der Waals surface area contributed by atoms with Gasteiger partial charge in [-0.2, -0.15) is 5.10 Å². The monoisotopic (exact) mass is 432 g/mol. The third-order valence-corrected chi connectivity index (χ3v) is 5.70. The highest BCUT2D eigenvalue weighted by Crippen LogP contribution is 2.39. The highest BCUT2D eigenvalue weighted by atomic mass is 16.2. The van der Waals surface area contributed by atoms with Gasteiger partial charge in [-0.3, -0.25) is 14.3 Å². The lowest BCUT2D eigenvalue weighted by Crippen LogP contribution is -2.40. The summed E-state index contributed by atoms with van der Waals surface area (Å²) in [6, 6.07) is 3.95. The van der Waals surface area contributed by atoms with Crippen molar-refractivity contribution in [3.63, 3.8) is 0 Å². The number of carbonyl (C=O) groups excluding carboxylic acids is 2. The predicted molar refractivity (Wildman–Crippen MR) is 118 cm³/mol. The summed E-state index contributed by atoms with van der Waals surface area (Å²) in [5.41, 5.74) is 2.85. The van der Waals surface area contributed by atoms with Gasteiger partial charge in [0.15, 0.2) is 11.4 Å². The third-order valence-electron chi connectivity index (χ3n) is 5.70. The van der Waals surface area contributed by atoms with E-state index in [9.17, 15) is 9.59 Å². The van der Waals surface area contributed by atoms with E-state index < -0.39 is 5.91 Å². The highest BCUT2D eigenvalue weighted by molar-refractivity contribution is 6.10. The summed E-state index contributed by atoms with van der Waals surface area (Å²) in [5.74, 6) is -0.319. The fourth-order valence-corrected chi connectivity index (χ4v) is 3.61. The van der Waals surface area contributed by atoms with E-state index in [1.807, 2.05) is 12.1 Å². The number of hydrogen-bond donors (Lipinski definition) is 3. The average molecular weight is 432 g/mol. The van der Waals surface area contributed by atoms with Gasteiger partial charge in [-0.1, -0.05) is 0 Å². The molecule has 2 amide bonds. The molecule has 0 unspecified atom stereocenters.